The number of ketones is 1. The molecule has 0 fully saturated rings. The van der Waals surface area contributed by atoms with E-state index in [0.29, 0.717) is 5.56 Å². The Balaban J connectivity index is 1.41. The van der Waals surface area contributed by atoms with E-state index in [1.54, 1.807) is 6.08 Å². The molecule has 0 spiro atoms. The van der Waals surface area contributed by atoms with Crippen LogP contribution in [0.4, 0.5) is 0 Å². The van der Waals surface area contributed by atoms with Crippen molar-refractivity contribution in [3.63, 3.8) is 0 Å². The summed E-state index contributed by atoms with van der Waals surface area (Å²) >= 11 is 0. The third kappa shape index (κ3) is 4.72. The maximum absolute atomic E-state index is 13.3. The van der Waals surface area contributed by atoms with Gasteiger partial charge in [0.15, 0.2) is 5.78 Å². The summed E-state index contributed by atoms with van der Waals surface area (Å²) in [6.07, 6.45) is 3.69. The molecule has 1 aromatic heterocycles. The molecule has 1 heterocycles. The monoisotopic (exact) mass is 489 g/mol. The van der Waals surface area contributed by atoms with Crippen LogP contribution < -0.4 is 0 Å². The Bertz CT molecular complexity index is 1710. The lowest BCUT2D eigenvalue weighted by atomic mass is 10.0. The summed E-state index contributed by atoms with van der Waals surface area (Å²) in [7, 11) is 0. The Labute approximate surface area is 223 Å². The maximum atomic E-state index is 13.3. The lowest BCUT2D eigenvalue weighted by molar-refractivity contribution is 0.104. The van der Waals surface area contributed by atoms with Crippen LogP contribution in [0.1, 0.15) is 21.5 Å². The number of benzene rings is 5. The molecule has 0 bridgehead atoms. The largest absolute Gasteiger partial charge is 0.335 e. The molecule has 0 saturated heterocycles. The fraction of sp³-hybridized carbons (Fsp3) is 0.0278. The van der Waals surface area contributed by atoms with Gasteiger partial charge in [0.05, 0.1) is 5.69 Å². The van der Waals surface area contributed by atoms with E-state index in [0.717, 1.165) is 45.4 Å². The fourth-order valence-corrected chi connectivity index (χ4v) is 5.05. The molecule has 0 aliphatic carbocycles. The summed E-state index contributed by atoms with van der Waals surface area (Å²) in [4.78, 5) is 13.3. The van der Waals surface area contributed by atoms with Gasteiger partial charge in [-0.05, 0) is 40.5 Å². The van der Waals surface area contributed by atoms with Crippen LogP contribution in [0.25, 0.3) is 39.4 Å². The van der Waals surface area contributed by atoms with E-state index < -0.39 is 0 Å². The number of para-hydroxylation sites is 1. The summed E-state index contributed by atoms with van der Waals surface area (Å²) in [5.41, 5.74) is 8.58. The summed E-state index contributed by atoms with van der Waals surface area (Å²) in [5.74, 6) is -0.0106. The highest BCUT2D eigenvalue weighted by Crippen LogP contribution is 2.35. The molecule has 5 aromatic carbocycles. The minimum absolute atomic E-state index is 0.0106. The van der Waals surface area contributed by atoms with Crippen LogP contribution in [0.3, 0.4) is 0 Å². The predicted molar refractivity (Wildman–Crippen MR) is 158 cm³/mol. The number of hydrogen-bond acceptors (Lipinski definition) is 1. The van der Waals surface area contributed by atoms with E-state index >= 15 is 0 Å². The van der Waals surface area contributed by atoms with Crippen LogP contribution in [0.5, 0.6) is 0 Å². The minimum atomic E-state index is -0.0106. The van der Waals surface area contributed by atoms with Gasteiger partial charge in [0.2, 0.25) is 0 Å². The minimum Gasteiger partial charge on any atom is -0.335 e. The average molecular weight is 490 g/mol. The molecule has 38 heavy (non-hydrogen) atoms. The quantitative estimate of drug-likeness (QED) is 0.162. The molecule has 0 N–H and O–H groups in total. The predicted octanol–water partition coefficient (Wildman–Crippen LogP) is 8.92. The van der Waals surface area contributed by atoms with Gasteiger partial charge in [-0.15, -0.1) is 0 Å². The highest BCUT2D eigenvalue weighted by Gasteiger charge is 2.17. The van der Waals surface area contributed by atoms with E-state index in [1.165, 1.54) is 5.56 Å². The van der Waals surface area contributed by atoms with Gasteiger partial charge in [-0.1, -0.05) is 133 Å². The van der Waals surface area contributed by atoms with Crippen LogP contribution in [0.2, 0.25) is 0 Å². The summed E-state index contributed by atoms with van der Waals surface area (Å²) in [6.45, 7) is 0.744. The van der Waals surface area contributed by atoms with Crippen molar-refractivity contribution in [3.8, 4) is 22.4 Å². The van der Waals surface area contributed by atoms with E-state index in [-0.39, 0.29) is 5.78 Å². The van der Waals surface area contributed by atoms with E-state index in [1.807, 2.05) is 60.7 Å². The molecule has 0 aliphatic heterocycles. The average Bonchev–Trinajstić information content (AvgIpc) is 3.30. The van der Waals surface area contributed by atoms with E-state index in [2.05, 4.69) is 89.5 Å². The second kappa shape index (κ2) is 10.6. The first kappa shape index (κ1) is 23.4. The number of fused-ring (bicyclic) bond motifs is 1. The second-order valence-electron chi connectivity index (χ2n) is 9.36. The van der Waals surface area contributed by atoms with E-state index in [4.69, 9.17) is 0 Å². The zero-order chi connectivity index (χ0) is 25.7. The smallest absolute Gasteiger partial charge is 0.185 e. The number of rotatable bonds is 7. The van der Waals surface area contributed by atoms with Crippen LogP contribution in [-0.2, 0) is 6.54 Å². The fourth-order valence-electron chi connectivity index (χ4n) is 5.05. The Morgan fingerprint density at radius 3 is 1.82 bits per heavy atom. The van der Waals surface area contributed by atoms with Crippen molar-refractivity contribution in [1.82, 2.24) is 4.57 Å². The molecule has 0 saturated carbocycles. The summed E-state index contributed by atoms with van der Waals surface area (Å²) in [5, 5.41) is 1.13. The highest BCUT2D eigenvalue weighted by molar-refractivity contribution is 6.09. The Kier molecular flexibility index (Phi) is 6.53. The molecule has 6 rings (SSSR count). The maximum Gasteiger partial charge on any atom is 0.185 e. The summed E-state index contributed by atoms with van der Waals surface area (Å²) in [6, 6.07) is 47.4. The zero-order valence-corrected chi connectivity index (χ0v) is 21.0. The third-order valence-corrected chi connectivity index (χ3v) is 6.92. The summed E-state index contributed by atoms with van der Waals surface area (Å²) < 4.78 is 2.36. The molecule has 6 aromatic rings. The van der Waals surface area contributed by atoms with Gasteiger partial charge in [0.1, 0.15) is 0 Å². The van der Waals surface area contributed by atoms with Crippen LogP contribution in [-0.4, -0.2) is 10.4 Å². The molecule has 2 heteroatoms. The molecule has 0 atom stereocenters. The number of aromatic nitrogens is 1. The van der Waals surface area contributed by atoms with Gasteiger partial charge < -0.3 is 4.57 Å². The van der Waals surface area contributed by atoms with Crippen molar-refractivity contribution in [3.05, 3.63) is 162 Å². The van der Waals surface area contributed by atoms with Crippen LogP contribution in [0.15, 0.2) is 146 Å². The second-order valence-corrected chi connectivity index (χ2v) is 9.36. The van der Waals surface area contributed by atoms with Gasteiger partial charge in [-0.2, -0.15) is 0 Å². The molecule has 2 nitrogen and oxygen atoms in total. The molecular weight excluding hydrogens is 462 g/mol. The first-order chi connectivity index (χ1) is 18.8. The number of nitrogens with zero attached hydrogens (tertiary/aromatic N) is 1. The van der Waals surface area contributed by atoms with Gasteiger partial charge in [0.25, 0.3) is 0 Å². The van der Waals surface area contributed by atoms with Gasteiger partial charge in [-0.25, -0.2) is 0 Å². The van der Waals surface area contributed by atoms with E-state index in [9.17, 15) is 4.79 Å². The third-order valence-electron chi connectivity index (χ3n) is 6.92. The standard InChI is InChI=1S/C36H27NO/c38-35(30-22-20-29(21-23-30)28-14-6-2-7-15-28)25-24-33-32-18-10-11-19-34(32)37(26-27-12-4-1-5-13-27)36(33)31-16-8-3-9-17-31/h1-25H,26H2/b25-24+. The Morgan fingerprint density at radius 2 is 1.13 bits per heavy atom. The zero-order valence-electron chi connectivity index (χ0n) is 21.0. The first-order valence-electron chi connectivity index (χ1n) is 12.9. The molecule has 182 valence electrons. The highest BCUT2D eigenvalue weighted by atomic mass is 16.1. The van der Waals surface area contributed by atoms with Crippen molar-refractivity contribution >= 4 is 22.8 Å². The molecular formula is C36H27NO. The van der Waals surface area contributed by atoms with Crippen LogP contribution in [0, 0.1) is 0 Å². The van der Waals surface area contributed by atoms with Gasteiger partial charge in [-0.3, -0.25) is 4.79 Å². The number of carbonyl (C=O) groups is 1. The van der Waals surface area contributed by atoms with Crippen molar-refractivity contribution in [2.45, 2.75) is 6.54 Å². The normalized spacial score (nSPS) is 11.3. The lowest BCUT2D eigenvalue weighted by Gasteiger charge is -2.12. The van der Waals surface area contributed by atoms with Gasteiger partial charge in [0, 0.05) is 28.6 Å². The first-order valence-corrected chi connectivity index (χ1v) is 12.9. The Hall–Kier alpha value is -4.95. The molecule has 0 unspecified atom stereocenters. The van der Waals surface area contributed by atoms with Gasteiger partial charge >= 0.3 is 0 Å². The lowest BCUT2D eigenvalue weighted by Crippen LogP contribution is -2.02. The SMILES string of the molecule is O=C(/C=C/c1c(-c2ccccc2)n(Cc2ccccc2)c2ccccc12)c1ccc(-c2ccccc2)cc1. The van der Waals surface area contributed by atoms with Crippen molar-refractivity contribution < 1.29 is 4.79 Å². The van der Waals surface area contributed by atoms with Crippen molar-refractivity contribution in [2.75, 3.05) is 0 Å². The number of hydrogen-bond donors (Lipinski definition) is 0. The molecule has 0 aliphatic rings. The molecule has 0 radical (unpaired) electrons. The van der Waals surface area contributed by atoms with Crippen molar-refractivity contribution in [1.29, 1.82) is 0 Å². The van der Waals surface area contributed by atoms with Crippen molar-refractivity contribution in [2.24, 2.45) is 0 Å². The number of allylic oxidation sites excluding steroid dienone is 1. The van der Waals surface area contributed by atoms with Crippen LogP contribution >= 0.6 is 0 Å². The number of carbonyl (C=O) groups excluding carboxylic acids is 1. The molecule has 0 amide bonds. The topological polar surface area (TPSA) is 22.0 Å². The Morgan fingerprint density at radius 1 is 0.579 bits per heavy atom.